The summed E-state index contributed by atoms with van der Waals surface area (Å²) in [6.45, 7) is 0. The molecule has 0 fully saturated rings. The van der Waals surface area contributed by atoms with Gasteiger partial charge >= 0.3 is 0 Å². The average Bonchev–Trinajstić information content (AvgIpc) is 2.74. The summed E-state index contributed by atoms with van der Waals surface area (Å²) in [5, 5.41) is 14.5. The predicted molar refractivity (Wildman–Crippen MR) is 38.8 cm³/mol. The molecule has 2 aromatic heterocycles. The lowest BCUT2D eigenvalue weighted by molar-refractivity contribution is 0.637. The normalized spacial score (nSPS) is 9.67. The van der Waals surface area contributed by atoms with Crippen molar-refractivity contribution in [3.05, 3.63) is 24.8 Å². The number of hydrogen-bond donors (Lipinski definition) is 2. The van der Waals surface area contributed by atoms with Gasteiger partial charge < -0.3 is 0 Å². The van der Waals surface area contributed by atoms with Gasteiger partial charge in [-0.05, 0) is 10.4 Å². The van der Waals surface area contributed by atoms with Crippen LogP contribution in [0.4, 0.5) is 0 Å². The molecule has 0 radical (unpaired) electrons. The second-order valence-corrected chi connectivity index (χ2v) is 1.92. The third-order valence-corrected chi connectivity index (χ3v) is 1.12. The zero-order valence-electron chi connectivity index (χ0n) is 5.99. The molecule has 0 aliphatic carbocycles. The Morgan fingerprint density at radius 1 is 0.833 bits per heavy atom. The Balaban J connectivity index is 1.91. The Hall–Kier alpha value is -2.12. The van der Waals surface area contributed by atoms with E-state index < -0.39 is 0 Å². The minimum absolute atomic E-state index is 1.39. The minimum atomic E-state index is 1.39. The maximum Gasteiger partial charge on any atom is 0.0716 e. The van der Waals surface area contributed by atoms with Crippen molar-refractivity contribution in [2.75, 3.05) is 11.1 Å². The van der Waals surface area contributed by atoms with Crippen LogP contribution in [0.2, 0.25) is 0 Å². The van der Waals surface area contributed by atoms with Crippen LogP contribution in [0.1, 0.15) is 0 Å². The zero-order valence-corrected chi connectivity index (χ0v) is 5.99. The lowest BCUT2D eigenvalue weighted by Crippen LogP contribution is -2.30. The molecule has 0 bridgehead atoms. The molecule has 0 saturated carbocycles. The molecule has 12 heavy (non-hydrogen) atoms. The highest BCUT2D eigenvalue weighted by Gasteiger charge is 1.88. The van der Waals surface area contributed by atoms with Crippen LogP contribution in [0.5, 0.6) is 0 Å². The molecule has 2 N–H and O–H groups in total. The number of nitrogens with one attached hydrogen (secondary N) is 2. The summed E-state index contributed by atoms with van der Waals surface area (Å²) in [4.78, 5) is 2.78. The summed E-state index contributed by atoms with van der Waals surface area (Å²) < 4.78 is 0. The molecule has 62 valence electrons. The van der Waals surface area contributed by atoms with Crippen LogP contribution in [0.25, 0.3) is 0 Å². The highest BCUT2D eigenvalue weighted by Crippen LogP contribution is 1.74. The van der Waals surface area contributed by atoms with E-state index in [1.54, 1.807) is 24.8 Å². The van der Waals surface area contributed by atoms with Crippen molar-refractivity contribution in [3.8, 4) is 0 Å². The highest BCUT2D eigenvalue weighted by atomic mass is 15.9. The van der Waals surface area contributed by atoms with Gasteiger partial charge in [-0.25, -0.2) is 11.1 Å². The second kappa shape index (κ2) is 2.86. The van der Waals surface area contributed by atoms with E-state index in [9.17, 15) is 0 Å². The molecule has 8 nitrogen and oxygen atoms in total. The molecule has 0 aliphatic rings. The van der Waals surface area contributed by atoms with Crippen LogP contribution in [0.3, 0.4) is 0 Å². The van der Waals surface area contributed by atoms with E-state index in [1.807, 2.05) is 0 Å². The summed E-state index contributed by atoms with van der Waals surface area (Å²) in [6.07, 6.45) is 6.39. The van der Waals surface area contributed by atoms with E-state index >= 15 is 0 Å². The quantitative estimate of drug-likeness (QED) is 0.544. The standard InChI is InChI=1S/C4H6N8/c1-3-11(7-5-1)9-10-12-4-2-6-8-12/h1-4,9-10H. The van der Waals surface area contributed by atoms with Crippen molar-refractivity contribution >= 4 is 0 Å². The topological polar surface area (TPSA) is 85.5 Å². The highest BCUT2D eigenvalue weighted by molar-refractivity contribution is 4.77. The third kappa shape index (κ3) is 1.31. The van der Waals surface area contributed by atoms with Gasteiger partial charge in [-0.3, -0.25) is 0 Å². The summed E-state index contributed by atoms with van der Waals surface area (Å²) in [7, 11) is 0. The van der Waals surface area contributed by atoms with Gasteiger partial charge in [0.05, 0.1) is 24.8 Å². The molecule has 2 rings (SSSR count). The van der Waals surface area contributed by atoms with E-state index in [0.29, 0.717) is 0 Å². The van der Waals surface area contributed by atoms with Gasteiger partial charge in [0.25, 0.3) is 0 Å². The fourth-order valence-electron chi connectivity index (χ4n) is 0.638. The molecule has 2 aromatic rings. The third-order valence-electron chi connectivity index (χ3n) is 1.12. The molecule has 0 unspecified atom stereocenters. The van der Waals surface area contributed by atoms with E-state index in [0.717, 1.165) is 0 Å². The minimum Gasteiger partial charge on any atom is -0.203 e. The van der Waals surface area contributed by atoms with Crippen molar-refractivity contribution in [2.24, 2.45) is 0 Å². The first kappa shape index (κ1) is 6.58. The molecule has 0 aliphatic heterocycles. The molecule has 0 saturated heterocycles. The Morgan fingerprint density at radius 2 is 1.33 bits per heavy atom. The SMILES string of the molecule is c1cn(NNn2ccnn2)nn1. The fraction of sp³-hybridized carbons (Fsp3) is 0. The molecule has 0 spiro atoms. The molecule has 0 atom stereocenters. The van der Waals surface area contributed by atoms with Crippen LogP contribution in [-0.4, -0.2) is 30.2 Å². The van der Waals surface area contributed by atoms with Gasteiger partial charge in [0.2, 0.25) is 0 Å². The lowest BCUT2D eigenvalue weighted by atomic mass is 11.0. The van der Waals surface area contributed by atoms with Gasteiger partial charge in [0, 0.05) is 0 Å². The van der Waals surface area contributed by atoms with Crippen molar-refractivity contribution in [1.82, 2.24) is 30.2 Å². The van der Waals surface area contributed by atoms with Crippen LogP contribution in [-0.2, 0) is 0 Å². The maximum absolute atomic E-state index is 3.65. The summed E-state index contributed by atoms with van der Waals surface area (Å²) in [5.41, 5.74) is 5.36. The van der Waals surface area contributed by atoms with Gasteiger partial charge in [-0.1, -0.05) is 0 Å². The number of hydrogen-bond acceptors (Lipinski definition) is 6. The number of hydrazine groups is 1. The molecular formula is C4H6N8. The van der Waals surface area contributed by atoms with Gasteiger partial charge in [0.1, 0.15) is 0 Å². The van der Waals surface area contributed by atoms with E-state index in [1.165, 1.54) is 9.58 Å². The van der Waals surface area contributed by atoms with Crippen LogP contribution >= 0.6 is 0 Å². The summed E-state index contributed by atoms with van der Waals surface area (Å²) in [6, 6.07) is 0. The molecule has 0 aromatic carbocycles. The molecule has 2 heterocycles. The Bertz CT molecular complexity index is 274. The average molecular weight is 166 g/mol. The largest absolute Gasteiger partial charge is 0.203 e. The van der Waals surface area contributed by atoms with E-state index in [-0.39, 0.29) is 0 Å². The predicted octanol–water partition coefficient (Wildman–Crippen LogP) is -1.43. The lowest BCUT2D eigenvalue weighted by Gasteiger charge is -2.05. The first-order chi connectivity index (χ1) is 5.95. The van der Waals surface area contributed by atoms with E-state index in [4.69, 9.17) is 0 Å². The zero-order chi connectivity index (χ0) is 8.23. The number of rotatable bonds is 3. The summed E-state index contributed by atoms with van der Waals surface area (Å²) in [5.74, 6) is 0. The monoisotopic (exact) mass is 166 g/mol. The smallest absolute Gasteiger partial charge is 0.0716 e. The van der Waals surface area contributed by atoms with Crippen molar-refractivity contribution < 1.29 is 0 Å². The second-order valence-electron chi connectivity index (χ2n) is 1.92. The first-order valence-corrected chi connectivity index (χ1v) is 3.20. The molecule has 8 heteroatoms. The van der Waals surface area contributed by atoms with Crippen LogP contribution in [0.15, 0.2) is 24.8 Å². The molecule has 0 amide bonds. The Labute approximate surface area is 67.1 Å². The van der Waals surface area contributed by atoms with Gasteiger partial charge in [0.15, 0.2) is 0 Å². The van der Waals surface area contributed by atoms with Crippen molar-refractivity contribution in [1.29, 1.82) is 0 Å². The van der Waals surface area contributed by atoms with Crippen LogP contribution < -0.4 is 11.1 Å². The Morgan fingerprint density at radius 3 is 1.67 bits per heavy atom. The molecular weight excluding hydrogens is 160 g/mol. The number of aromatic nitrogens is 6. The van der Waals surface area contributed by atoms with Crippen molar-refractivity contribution in [3.63, 3.8) is 0 Å². The maximum atomic E-state index is 3.65. The van der Waals surface area contributed by atoms with Gasteiger partial charge in [-0.15, -0.1) is 19.8 Å². The Kier molecular flexibility index (Phi) is 1.57. The fourth-order valence-corrected chi connectivity index (χ4v) is 0.638. The van der Waals surface area contributed by atoms with Gasteiger partial charge in [-0.2, -0.15) is 0 Å². The van der Waals surface area contributed by atoms with Crippen molar-refractivity contribution in [2.45, 2.75) is 0 Å². The summed E-state index contributed by atoms with van der Waals surface area (Å²) >= 11 is 0. The number of nitrogens with zero attached hydrogens (tertiary/aromatic N) is 6. The first-order valence-electron chi connectivity index (χ1n) is 3.20. The van der Waals surface area contributed by atoms with Crippen LogP contribution in [0, 0.1) is 0 Å². The van der Waals surface area contributed by atoms with E-state index in [2.05, 4.69) is 31.7 Å².